The van der Waals surface area contributed by atoms with E-state index in [-0.39, 0.29) is 35.1 Å². The highest BCUT2D eigenvalue weighted by atomic mass is 127. The van der Waals surface area contributed by atoms with Gasteiger partial charge in [-0.1, -0.05) is 49.8 Å². The molecule has 148 valence electrons. The first-order valence-corrected chi connectivity index (χ1v) is 10.1. The van der Waals surface area contributed by atoms with Crippen molar-refractivity contribution in [3.05, 3.63) is 47.2 Å². The number of allylic oxidation sites excluding steroid dienone is 1. The second kappa shape index (κ2) is 13.0. The van der Waals surface area contributed by atoms with E-state index in [4.69, 9.17) is 4.74 Å². The lowest BCUT2D eigenvalue weighted by Gasteiger charge is -2.30. The standard InChI is InChI=1S/C19H26F2INO2.HI/c1-4-7-10-23-19(5-2,6-3)12-15(13-22)25-18(24)16-9-8-14(20)11-17(16)21;/h8-9,11-12,23H,4-7,10,13H2,1-3H3;1H. The summed E-state index contributed by atoms with van der Waals surface area (Å²) >= 11 is 2.11. The Balaban J connectivity index is 0.00000625. The van der Waals surface area contributed by atoms with Crippen molar-refractivity contribution in [3.63, 3.8) is 0 Å². The van der Waals surface area contributed by atoms with Gasteiger partial charge in [0.25, 0.3) is 0 Å². The van der Waals surface area contributed by atoms with Crippen LogP contribution < -0.4 is 5.32 Å². The molecule has 0 aliphatic heterocycles. The van der Waals surface area contributed by atoms with Gasteiger partial charge in [0.15, 0.2) is 0 Å². The van der Waals surface area contributed by atoms with Gasteiger partial charge in [0.05, 0.1) is 9.99 Å². The van der Waals surface area contributed by atoms with E-state index in [1.54, 1.807) is 0 Å². The summed E-state index contributed by atoms with van der Waals surface area (Å²) in [5.74, 6) is -1.98. The smallest absolute Gasteiger partial charge is 0.346 e. The predicted molar refractivity (Wildman–Crippen MR) is 120 cm³/mol. The molecule has 0 aromatic heterocycles. The minimum absolute atomic E-state index is 0. The van der Waals surface area contributed by atoms with Crippen LogP contribution in [-0.4, -0.2) is 22.5 Å². The van der Waals surface area contributed by atoms with Gasteiger partial charge in [-0.25, -0.2) is 13.6 Å². The maximum Gasteiger partial charge on any atom is 0.346 e. The molecule has 3 nitrogen and oxygen atoms in total. The van der Waals surface area contributed by atoms with Crippen LogP contribution in [-0.2, 0) is 4.74 Å². The Morgan fingerprint density at radius 1 is 1.27 bits per heavy atom. The molecule has 1 aromatic carbocycles. The molecule has 0 saturated heterocycles. The first-order valence-electron chi connectivity index (χ1n) is 8.61. The molecule has 1 aromatic rings. The van der Waals surface area contributed by atoms with Crippen molar-refractivity contribution in [2.75, 3.05) is 11.0 Å². The number of alkyl halides is 1. The van der Waals surface area contributed by atoms with Gasteiger partial charge in [0.1, 0.15) is 17.4 Å². The highest BCUT2D eigenvalue weighted by Gasteiger charge is 2.25. The van der Waals surface area contributed by atoms with Crippen molar-refractivity contribution in [3.8, 4) is 0 Å². The summed E-state index contributed by atoms with van der Waals surface area (Å²) in [4.78, 5) is 12.2. The number of halogens is 4. The number of hydrogen-bond acceptors (Lipinski definition) is 3. The molecule has 0 atom stereocenters. The molecule has 26 heavy (non-hydrogen) atoms. The molecule has 0 radical (unpaired) electrons. The maximum absolute atomic E-state index is 13.8. The van der Waals surface area contributed by atoms with Crippen LogP contribution in [0, 0.1) is 11.6 Å². The fraction of sp³-hybridized carbons (Fsp3) is 0.526. The Kier molecular flexibility index (Phi) is 12.8. The molecular weight excluding hydrogens is 566 g/mol. The SMILES string of the molecule is CCCCNC(C=C(CI)OC(=O)c1ccc(F)cc1F)(CC)CC.I. The Morgan fingerprint density at radius 3 is 2.42 bits per heavy atom. The number of carbonyl (C=O) groups is 1. The summed E-state index contributed by atoms with van der Waals surface area (Å²) in [6.07, 6.45) is 5.77. The van der Waals surface area contributed by atoms with Crippen LogP contribution >= 0.6 is 46.6 Å². The molecule has 1 N–H and O–H groups in total. The van der Waals surface area contributed by atoms with E-state index in [1.165, 1.54) is 0 Å². The summed E-state index contributed by atoms with van der Waals surface area (Å²) < 4.78 is 32.6. The molecule has 0 amide bonds. The molecule has 0 saturated carbocycles. The third kappa shape index (κ3) is 7.75. The molecule has 0 fully saturated rings. The van der Waals surface area contributed by atoms with Crippen molar-refractivity contribution in [2.45, 2.75) is 52.0 Å². The molecule has 0 bridgehead atoms. The van der Waals surface area contributed by atoms with Crippen molar-refractivity contribution >= 4 is 52.5 Å². The molecule has 1 rings (SSSR count). The number of hydrogen-bond donors (Lipinski definition) is 1. The molecule has 0 heterocycles. The fourth-order valence-electron chi connectivity index (χ4n) is 2.50. The number of carbonyl (C=O) groups excluding carboxylic acids is 1. The van der Waals surface area contributed by atoms with E-state index in [0.717, 1.165) is 44.4 Å². The van der Waals surface area contributed by atoms with Crippen molar-refractivity contribution in [1.82, 2.24) is 5.32 Å². The quantitative estimate of drug-likeness (QED) is 0.119. The Bertz CT molecular complexity index is 605. The zero-order chi connectivity index (χ0) is 18.9. The first kappa shape index (κ1) is 25.7. The normalized spacial score (nSPS) is 11.8. The van der Waals surface area contributed by atoms with Gasteiger partial charge in [0, 0.05) is 11.6 Å². The fourth-order valence-corrected chi connectivity index (χ4v) is 2.88. The van der Waals surface area contributed by atoms with Gasteiger partial charge in [-0.15, -0.1) is 24.0 Å². The van der Waals surface area contributed by atoms with Crippen LogP contribution in [0.2, 0.25) is 0 Å². The average molecular weight is 593 g/mol. The first-order chi connectivity index (χ1) is 11.9. The Labute approximate surface area is 185 Å². The van der Waals surface area contributed by atoms with E-state index in [9.17, 15) is 13.6 Å². The Hall–Kier alpha value is -0.290. The van der Waals surface area contributed by atoms with Gasteiger partial charge in [-0.3, -0.25) is 0 Å². The lowest BCUT2D eigenvalue weighted by molar-refractivity contribution is 0.0620. The minimum Gasteiger partial charge on any atom is -0.427 e. The monoisotopic (exact) mass is 593 g/mol. The number of ether oxygens (including phenoxy) is 1. The summed E-state index contributed by atoms with van der Waals surface area (Å²) in [6, 6.07) is 2.82. The summed E-state index contributed by atoms with van der Waals surface area (Å²) in [5.41, 5.74) is -0.535. The number of rotatable bonds is 10. The van der Waals surface area contributed by atoms with Crippen LogP contribution in [0.25, 0.3) is 0 Å². The largest absolute Gasteiger partial charge is 0.427 e. The highest BCUT2D eigenvalue weighted by molar-refractivity contribution is 14.1. The van der Waals surface area contributed by atoms with E-state index in [2.05, 4.69) is 48.7 Å². The number of benzene rings is 1. The zero-order valence-electron chi connectivity index (χ0n) is 15.4. The molecule has 0 aliphatic rings. The second-order valence-electron chi connectivity index (χ2n) is 5.90. The number of esters is 1. The van der Waals surface area contributed by atoms with Gasteiger partial charge >= 0.3 is 5.97 Å². The van der Waals surface area contributed by atoms with Gasteiger partial charge < -0.3 is 10.1 Å². The zero-order valence-corrected chi connectivity index (χ0v) is 19.9. The predicted octanol–water partition coefficient (Wildman–Crippen LogP) is 6.01. The topological polar surface area (TPSA) is 38.3 Å². The molecular formula is C19H27F2I2NO2. The Morgan fingerprint density at radius 2 is 1.92 bits per heavy atom. The highest BCUT2D eigenvalue weighted by Crippen LogP contribution is 2.22. The van der Waals surface area contributed by atoms with Crippen LogP contribution in [0.1, 0.15) is 56.8 Å². The summed E-state index contributed by atoms with van der Waals surface area (Å²) in [5, 5.41) is 3.54. The van der Waals surface area contributed by atoms with Gasteiger partial charge in [-0.2, -0.15) is 0 Å². The lowest BCUT2D eigenvalue weighted by atomic mass is 9.91. The maximum atomic E-state index is 13.8. The minimum atomic E-state index is -0.920. The number of nitrogens with one attached hydrogen (secondary N) is 1. The third-order valence-electron chi connectivity index (χ3n) is 4.21. The van der Waals surface area contributed by atoms with E-state index >= 15 is 0 Å². The van der Waals surface area contributed by atoms with E-state index in [1.807, 2.05) is 6.08 Å². The second-order valence-corrected chi connectivity index (χ2v) is 6.66. The third-order valence-corrected chi connectivity index (χ3v) is 4.96. The van der Waals surface area contributed by atoms with Gasteiger partial charge in [-0.05, 0) is 44.0 Å². The van der Waals surface area contributed by atoms with Crippen LogP contribution in [0.15, 0.2) is 30.0 Å². The average Bonchev–Trinajstić information content (AvgIpc) is 2.60. The van der Waals surface area contributed by atoms with Crippen LogP contribution in [0.5, 0.6) is 0 Å². The van der Waals surface area contributed by atoms with Crippen LogP contribution in [0.4, 0.5) is 8.78 Å². The van der Waals surface area contributed by atoms with Crippen molar-refractivity contribution in [1.29, 1.82) is 0 Å². The van der Waals surface area contributed by atoms with E-state index < -0.39 is 17.6 Å². The molecule has 0 aliphatic carbocycles. The van der Waals surface area contributed by atoms with Gasteiger partial charge in [0.2, 0.25) is 0 Å². The van der Waals surface area contributed by atoms with E-state index in [0.29, 0.717) is 16.3 Å². The van der Waals surface area contributed by atoms with Crippen molar-refractivity contribution < 1.29 is 18.3 Å². The summed E-state index contributed by atoms with van der Waals surface area (Å²) in [6.45, 7) is 7.16. The number of unbranched alkanes of at least 4 members (excludes halogenated alkanes) is 1. The molecule has 0 unspecified atom stereocenters. The molecule has 7 heteroatoms. The lowest BCUT2D eigenvalue weighted by Crippen LogP contribution is -2.43. The van der Waals surface area contributed by atoms with Crippen molar-refractivity contribution in [2.24, 2.45) is 0 Å². The molecule has 0 spiro atoms. The van der Waals surface area contributed by atoms with Crippen LogP contribution in [0.3, 0.4) is 0 Å². The summed E-state index contributed by atoms with van der Waals surface area (Å²) in [7, 11) is 0.